The maximum absolute atomic E-state index is 14.4. The molecule has 1 atom stereocenters. The van der Waals surface area contributed by atoms with Gasteiger partial charge < -0.3 is 23.5 Å². The number of hydrogen-bond acceptors (Lipinski definition) is 7. The zero-order chi connectivity index (χ0) is 40.9. The van der Waals surface area contributed by atoms with Gasteiger partial charge in [-0.25, -0.2) is 14.6 Å². The molecule has 0 saturated carbocycles. The van der Waals surface area contributed by atoms with Crippen molar-refractivity contribution in [3.05, 3.63) is 143 Å². The molecule has 8 nitrogen and oxygen atoms in total. The molecule has 0 radical (unpaired) electrons. The Morgan fingerprint density at radius 1 is 0.789 bits per heavy atom. The second-order valence-corrected chi connectivity index (χ2v) is 16.8. The third-order valence-corrected chi connectivity index (χ3v) is 10.7. The number of allylic oxidation sites excluding steroid dienone is 1. The number of nitrogens with zero attached hydrogens (tertiary/aromatic N) is 2. The van der Waals surface area contributed by atoms with Crippen LogP contribution in [0.4, 0.5) is 4.79 Å². The number of carbonyl (C=O) groups is 2. The van der Waals surface area contributed by atoms with E-state index in [1.54, 1.807) is 20.2 Å². The fourth-order valence-electron chi connectivity index (χ4n) is 7.55. The van der Waals surface area contributed by atoms with Crippen LogP contribution < -0.4 is 4.74 Å². The maximum atomic E-state index is 14.4. The standard InChI is InChI=1S/C49H56N2O6/c1-10-11-17-28-55-46(52)43(44(38-20-15-16-21-42(38)54-9)51-27-26-50-45(51)33-18-13-12-14-19-33)32(2)57-47(53)56-31-41-39-29-34(48(3,4)5)22-24-36(39)37-25-23-35(30-40(37)41)49(6,7)8/h12-16,18-27,29-30,41,44H,10-11,17,28,31H2,1-9H3. The molecule has 5 aromatic rings. The van der Waals surface area contributed by atoms with E-state index in [2.05, 4.69) is 84.9 Å². The highest BCUT2D eigenvalue weighted by atomic mass is 16.7. The quantitative estimate of drug-likeness (QED) is 0.0510. The van der Waals surface area contributed by atoms with Crippen LogP contribution >= 0.6 is 0 Å². The molecule has 4 aromatic carbocycles. The molecule has 8 heteroatoms. The van der Waals surface area contributed by atoms with Crippen LogP contribution in [-0.2, 0) is 29.8 Å². The third kappa shape index (κ3) is 9.01. The Morgan fingerprint density at radius 2 is 1.40 bits per heavy atom. The highest BCUT2D eigenvalue weighted by Gasteiger charge is 2.35. The van der Waals surface area contributed by atoms with Gasteiger partial charge in [-0.15, -0.1) is 0 Å². The molecular formula is C49H56N2O6. The van der Waals surface area contributed by atoms with Crippen LogP contribution in [0, 0.1) is 0 Å². The van der Waals surface area contributed by atoms with E-state index in [0.29, 0.717) is 23.6 Å². The topological polar surface area (TPSA) is 88.9 Å². The molecule has 57 heavy (non-hydrogen) atoms. The van der Waals surface area contributed by atoms with Gasteiger partial charge in [-0.3, -0.25) is 0 Å². The molecule has 6 rings (SSSR count). The minimum absolute atomic E-state index is 0.0553. The van der Waals surface area contributed by atoms with E-state index < -0.39 is 18.2 Å². The number of benzene rings is 4. The smallest absolute Gasteiger partial charge is 0.496 e. The number of rotatable bonds is 13. The first-order chi connectivity index (χ1) is 27.2. The summed E-state index contributed by atoms with van der Waals surface area (Å²) in [5, 5.41) is 0. The van der Waals surface area contributed by atoms with E-state index in [-0.39, 0.29) is 41.3 Å². The number of aromatic nitrogens is 2. The maximum Gasteiger partial charge on any atom is 0.513 e. The van der Waals surface area contributed by atoms with Gasteiger partial charge in [0.2, 0.25) is 0 Å². The normalized spacial score (nSPS) is 13.6. The number of hydrogen-bond donors (Lipinski definition) is 0. The van der Waals surface area contributed by atoms with Crippen molar-refractivity contribution in [2.24, 2.45) is 0 Å². The van der Waals surface area contributed by atoms with Crippen molar-refractivity contribution in [2.45, 2.75) is 97.4 Å². The van der Waals surface area contributed by atoms with Crippen molar-refractivity contribution in [2.75, 3.05) is 20.3 Å². The molecule has 0 N–H and O–H groups in total. The van der Waals surface area contributed by atoms with E-state index in [0.717, 1.165) is 40.7 Å². The number of unbranched alkanes of at least 4 members (excludes halogenated alkanes) is 2. The Morgan fingerprint density at radius 3 is 2.00 bits per heavy atom. The van der Waals surface area contributed by atoms with Gasteiger partial charge in [0.1, 0.15) is 29.5 Å². The predicted molar refractivity (Wildman–Crippen MR) is 226 cm³/mol. The lowest BCUT2D eigenvalue weighted by Gasteiger charge is -2.26. The lowest BCUT2D eigenvalue weighted by Crippen LogP contribution is -2.25. The Bertz CT molecular complexity index is 2170. The molecule has 0 fully saturated rings. The molecular weight excluding hydrogens is 713 g/mol. The van der Waals surface area contributed by atoms with Gasteiger partial charge in [0.25, 0.3) is 0 Å². The largest absolute Gasteiger partial charge is 0.513 e. The number of ether oxygens (including phenoxy) is 4. The lowest BCUT2D eigenvalue weighted by molar-refractivity contribution is -0.139. The van der Waals surface area contributed by atoms with E-state index in [4.69, 9.17) is 23.9 Å². The van der Waals surface area contributed by atoms with Gasteiger partial charge in [-0.1, -0.05) is 146 Å². The Kier molecular flexibility index (Phi) is 12.4. The Labute approximate surface area is 337 Å². The van der Waals surface area contributed by atoms with Crippen LogP contribution in [0.5, 0.6) is 5.75 Å². The van der Waals surface area contributed by atoms with Crippen LogP contribution in [0.25, 0.3) is 22.5 Å². The fraction of sp³-hybridized carbons (Fsp3) is 0.367. The highest BCUT2D eigenvalue weighted by Crippen LogP contribution is 2.48. The van der Waals surface area contributed by atoms with Gasteiger partial charge in [0.05, 0.1) is 19.8 Å². The van der Waals surface area contributed by atoms with Gasteiger partial charge in [0, 0.05) is 29.4 Å². The van der Waals surface area contributed by atoms with Crippen molar-refractivity contribution in [1.29, 1.82) is 0 Å². The van der Waals surface area contributed by atoms with Crippen molar-refractivity contribution in [1.82, 2.24) is 9.55 Å². The molecule has 1 heterocycles. The zero-order valence-electron chi connectivity index (χ0n) is 34.8. The van der Waals surface area contributed by atoms with E-state index >= 15 is 0 Å². The number of methoxy groups -OCH3 is 1. The van der Waals surface area contributed by atoms with Gasteiger partial charge in [-0.05, 0) is 63.6 Å². The predicted octanol–water partition coefficient (Wildman–Crippen LogP) is 11.7. The summed E-state index contributed by atoms with van der Waals surface area (Å²) >= 11 is 0. The summed E-state index contributed by atoms with van der Waals surface area (Å²) < 4.78 is 25.7. The summed E-state index contributed by atoms with van der Waals surface area (Å²) in [7, 11) is 1.59. The van der Waals surface area contributed by atoms with Gasteiger partial charge in [-0.2, -0.15) is 0 Å². The van der Waals surface area contributed by atoms with E-state index in [1.165, 1.54) is 11.1 Å². The van der Waals surface area contributed by atoms with Crippen LogP contribution in [0.2, 0.25) is 0 Å². The molecule has 1 unspecified atom stereocenters. The Hall–Kier alpha value is -5.63. The van der Waals surface area contributed by atoms with Crippen LogP contribution in [0.15, 0.2) is 115 Å². The summed E-state index contributed by atoms with van der Waals surface area (Å²) in [6.07, 6.45) is 5.17. The second kappa shape index (κ2) is 17.2. The highest BCUT2D eigenvalue weighted by molar-refractivity contribution is 5.91. The van der Waals surface area contributed by atoms with Crippen LogP contribution in [0.3, 0.4) is 0 Å². The van der Waals surface area contributed by atoms with Crippen molar-refractivity contribution < 1.29 is 28.5 Å². The monoisotopic (exact) mass is 768 g/mol. The molecule has 1 aromatic heterocycles. The summed E-state index contributed by atoms with van der Waals surface area (Å²) in [5.41, 5.74) is 8.42. The molecule has 0 amide bonds. The third-order valence-electron chi connectivity index (χ3n) is 10.7. The summed E-state index contributed by atoms with van der Waals surface area (Å²) in [5.74, 6) is 0.398. The zero-order valence-corrected chi connectivity index (χ0v) is 34.8. The van der Waals surface area contributed by atoms with Gasteiger partial charge in [0.15, 0.2) is 0 Å². The SMILES string of the molecule is CCCCCOC(=O)C(=C(C)OC(=O)OCC1c2cc(C(C)(C)C)ccc2-c2ccc(C(C)(C)C)cc21)C(c1ccccc1OC)n1ccnc1-c1ccccc1. The minimum Gasteiger partial charge on any atom is -0.496 e. The van der Waals surface area contributed by atoms with Gasteiger partial charge >= 0.3 is 12.1 Å². The molecule has 0 bridgehead atoms. The first-order valence-corrected chi connectivity index (χ1v) is 20.0. The molecule has 0 spiro atoms. The average molecular weight is 769 g/mol. The molecule has 0 saturated heterocycles. The van der Waals surface area contributed by atoms with E-state index in [9.17, 15) is 9.59 Å². The van der Waals surface area contributed by atoms with Crippen molar-refractivity contribution in [3.8, 4) is 28.3 Å². The molecule has 1 aliphatic carbocycles. The molecule has 0 aliphatic heterocycles. The fourth-order valence-corrected chi connectivity index (χ4v) is 7.55. The number of para-hydroxylation sites is 1. The second-order valence-electron chi connectivity index (χ2n) is 16.8. The number of imidazole rings is 1. The van der Waals surface area contributed by atoms with Crippen molar-refractivity contribution in [3.63, 3.8) is 0 Å². The number of carbonyl (C=O) groups excluding carboxylic acids is 2. The number of fused-ring (bicyclic) bond motifs is 3. The van der Waals surface area contributed by atoms with Crippen LogP contribution in [0.1, 0.15) is 114 Å². The first-order valence-electron chi connectivity index (χ1n) is 20.0. The summed E-state index contributed by atoms with van der Waals surface area (Å²) in [6, 6.07) is 29.6. The summed E-state index contributed by atoms with van der Waals surface area (Å²) in [4.78, 5) is 33.0. The van der Waals surface area contributed by atoms with Crippen LogP contribution in [-0.4, -0.2) is 42.0 Å². The van der Waals surface area contributed by atoms with E-state index in [1.807, 2.05) is 65.4 Å². The molecule has 1 aliphatic rings. The minimum atomic E-state index is -0.912. The summed E-state index contributed by atoms with van der Waals surface area (Å²) in [6.45, 7) is 17.2. The first kappa shape index (κ1) is 41.0. The number of esters is 1. The van der Waals surface area contributed by atoms with Crippen molar-refractivity contribution >= 4 is 12.1 Å². The Balaban J connectivity index is 1.39. The molecule has 298 valence electrons. The average Bonchev–Trinajstić information content (AvgIpc) is 3.79. The lowest BCUT2D eigenvalue weighted by atomic mass is 9.83.